The lowest BCUT2D eigenvalue weighted by Gasteiger charge is -2.33. The topological polar surface area (TPSA) is 75.3 Å². The van der Waals surface area contributed by atoms with Gasteiger partial charge >= 0.3 is 5.97 Å². The first kappa shape index (κ1) is 11.8. The maximum absolute atomic E-state index is 13.5. The van der Waals surface area contributed by atoms with Crippen molar-refractivity contribution in [3.63, 3.8) is 0 Å². The molecule has 6 heteroatoms. The minimum Gasteiger partial charge on any atom is -0.478 e. The number of aromatic carboxylic acids is 1. The van der Waals surface area contributed by atoms with E-state index in [2.05, 4.69) is 5.32 Å². The van der Waals surface area contributed by atoms with Crippen LogP contribution in [-0.4, -0.2) is 23.2 Å². The second-order valence-corrected chi connectivity index (χ2v) is 4.17. The lowest BCUT2D eigenvalue weighted by molar-refractivity contribution is 0.0690. The van der Waals surface area contributed by atoms with E-state index in [0.717, 1.165) is 6.07 Å². The Morgan fingerprint density at radius 3 is 2.53 bits per heavy atom. The van der Waals surface area contributed by atoms with E-state index >= 15 is 0 Å². The highest BCUT2D eigenvalue weighted by Gasteiger charge is 2.27. The molecule has 92 valence electrons. The number of hydrogen-bond acceptors (Lipinski definition) is 3. The van der Waals surface area contributed by atoms with Crippen LogP contribution in [0.4, 0.5) is 14.5 Å². The molecule has 0 heterocycles. The first-order chi connectivity index (χ1) is 7.99. The summed E-state index contributed by atoms with van der Waals surface area (Å²) in [5, 5.41) is 11.4. The van der Waals surface area contributed by atoms with Crippen molar-refractivity contribution in [3.8, 4) is 0 Å². The molecule has 0 aliphatic heterocycles. The van der Waals surface area contributed by atoms with E-state index in [1.165, 1.54) is 6.07 Å². The zero-order chi connectivity index (χ0) is 12.6. The van der Waals surface area contributed by atoms with Gasteiger partial charge in [-0.25, -0.2) is 13.6 Å². The number of nitrogens with two attached hydrogens (primary N) is 1. The Morgan fingerprint density at radius 2 is 2.00 bits per heavy atom. The molecule has 1 aliphatic carbocycles. The van der Waals surface area contributed by atoms with Crippen LogP contribution in [0.25, 0.3) is 0 Å². The first-order valence-electron chi connectivity index (χ1n) is 5.22. The maximum Gasteiger partial charge on any atom is 0.338 e. The number of carbonyl (C=O) groups is 1. The van der Waals surface area contributed by atoms with Crippen molar-refractivity contribution in [2.75, 3.05) is 5.32 Å². The van der Waals surface area contributed by atoms with Gasteiger partial charge in [0.2, 0.25) is 0 Å². The average molecular weight is 242 g/mol. The molecule has 1 aromatic carbocycles. The molecule has 0 saturated heterocycles. The minimum atomic E-state index is -1.49. The smallest absolute Gasteiger partial charge is 0.338 e. The quantitative estimate of drug-likeness (QED) is 0.752. The highest BCUT2D eigenvalue weighted by Crippen LogP contribution is 2.26. The number of rotatable bonds is 3. The van der Waals surface area contributed by atoms with Crippen LogP contribution in [0.2, 0.25) is 0 Å². The van der Waals surface area contributed by atoms with Crippen molar-refractivity contribution in [1.82, 2.24) is 0 Å². The third-order valence-corrected chi connectivity index (χ3v) is 2.85. The molecule has 0 spiro atoms. The fourth-order valence-electron chi connectivity index (χ4n) is 1.83. The molecule has 17 heavy (non-hydrogen) atoms. The molecule has 0 amide bonds. The van der Waals surface area contributed by atoms with Crippen LogP contribution in [0.5, 0.6) is 0 Å². The summed E-state index contributed by atoms with van der Waals surface area (Å²) in [6, 6.07) is 2.39. The van der Waals surface area contributed by atoms with Crippen molar-refractivity contribution >= 4 is 11.7 Å². The van der Waals surface area contributed by atoms with Gasteiger partial charge in [-0.3, -0.25) is 0 Å². The first-order valence-corrected chi connectivity index (χ1v) is 5.22. The van der Waals surface area contributed by atoms with Gasteiger partial charge in [0.15, 0.2) is 11.6 Å². The van der Waals surface area contributed by atoms with Gasteiger partial charge in [-0.1, -0.05) is 0 Å². The van der Waals surface area contributed by atoms with Crippen molar-refractivity contribution in [3.05, 3.63) is 29.3 Å². The average Bonchev–Trinajstić information content (AvgIpc) is 2.22. The minimum absolute atomic E-state index is 0.0228. The molecule has 4 nitrogen and oxygen atoms in total. The van der Waals surface area contributed by atoms with Crippen LogP contribution < -0.4 is 11.1 Å². The Labute approximate surface area is 96.4 Å². The number of hydrogen-bond donors (Lipinski definition) is 3. The lowest BCUT2D eigenvalue weighted by atomic mass is 9.87. The largest absolute Gasteiger partial charge is 0.478 e. The van der Waals surface area contributed by atoms with Crippen LogP contribution in [-0.2, 0) is 0 Å². The fourth-order valence-corrected chi connectivity index (χ4v) is 1.83. The van der Waals surface area contributed by atoms with Gasteiger partial charge in [-0.2, -0.15) is 0 Å². The van der Waals surface area contributed by atoms with E-state index in [-0.39, 0.29) is 17.8 Å². The van der Waals surface area contributed by atoms with E-state index in [1.54, 1.807) is 0 Å². The van der Waals surface area contributed by atoms with Gasteiger partial charge in [0.25, 0.3) is 0 Å². The van der Waals surface area contributed by atoms with Gasteiger partial charge < -0.3 is 16.2 Å². The summed E-state index contributed by atoms with van der Waals surface area (Å²) >= 11 is 0. The predicted molar refractivity (Wildman–Crippen MR) is 57.9 cm³/mol. The molecular weight excluding hydrogens is 230 g/mol. The van der Waals surface area contributed by atoms with Crippen LogP contribution in [0.1, 0.15) is 23.2 Å². The molecule has 4 N–H and O–H groups in total. The zero-order valence-electron chi connectivity index (χ0n) is 8.91. The van der Waals surface area contributed by atoms with Gasteiger partial charge in [0.1, 0.15) is 0 Å². The highest BCUT2D eigenvalue weighted by atomic mass is 19.2. The standard InChI is InChI=1S/C11H12F2N2O2/c12-9-7(11(16)17)1-2-8(10(9)13)15-6-3-5(14)4-6/h1-2,5-6,15H,3-4,14H2,(H,16,17). The Balaban J connectivity index is 2.19. The van der Waals surface area contributed by atoms with E-state index in [1.807, 2.05) is 0 Å². The number of nitrogens with one attached hydrogen (secondary N) is 1. The molecule has 0 atom stereocenters. The number of anilines is 1. The molecule has 0 unspecified atom stereocenters. The molecular formula is C11H12F2N2O2. The number of carboxylic acids is 1. The Kier molecular flexibility index (Phi) is 2.97. The van der Waals surface area contributed by atoms with Crippen molar-refractivity contribution in [2.45, 2.75) is 24.9 Å². The zero-order valence-corrected chi connectivity index (χ0v) is 8.91. The molecule has 1 fully saturated rings. The molecule has 1 aliphatic rings. The summed E-state index contributed by atoms with van der Waals surface area (Å²) in [5.41, 5.74) is 4.88. The number of carboxylic acid groups (broad SMARTS) is 1. The summed E-state index contributed by atoms with van der Waals surface area (Å²) < 4.78 is 26.8. The summed E-state index contributed by atoms with van der Waals surface area (Å²) in [6.07, 6.45) is 1.39. The Hall–Kier alpha value is -1.69. The van der Waals surface area contributed by atoms with Crippen LogP contribution in [0, 0.1) is 11.6 Å². The lowest BCUT2D eigenvalue weighted by Crippen LogP contribution is -2.44. The predicted octanol–water partition coefficient (Wildman–Crippen LogP) is 1.56. The van der Waals surface area contributed by atoms with Gasteiger partial charge in [-0.15, -0.1) is 0 Å². The maximum atomic E-state index is 13.5. The summed E-state index contributed by atoms with van der Waals surface area (Å²) in [5.74, 6) is -3.99. The SMILES string of the molecule is NC1CC(Nc2ccc(C(=O)O)c(F)c2F)C1. The van der Waals surface area contributed by atoms with Crippen LogP contribution in [0.15, 0.2) is 12.1 Å². The third kappa shape index (κ3) is 2.21. The van der Waals surface area contributed by atoms with E-state index in [9.17, 15) is 13.6 Å². The van der Waals surface area contributed by atoms with E-state index in [4.69, 9.17) is 10.8 Å². The molecule has 0 bridgehead atoms. The second kappa shape index (κ2) is 4.29. The Bertz CT molecular complexity index is 459. The van der Waals surface area contributed by atoms with Gasteiger partial charge in [0, 0.05) is 12.1 Å². The molecule has 1 aromatic rings. The highest BCUT2D eigenvalue weighted by molar-refractivity contribution is 5.88. The van der Waals surface area contributed by atoms with Crippen molar-refractivity contribution in [1.29, 1.82) is 0 Å². The second-order valence-electron chi connectivity index (χ2n) is 4.17. The summed E-state index contributed by atoms with van der Waals surface area (Å²) in [6.45, 7) is 0. The van der Waals surface area contributed by atoms with E-state index < -0.39 is 23.2 Å². The monoisotopic (exact) mass is 242 g/mol. The molecule has 2 rings (SSSR count). The number of benzene rings is 1. The third-order valence-electron chi connectivity index (χ3n) is 2.85. The Morgan fingerprint density at radius 1 is 1.35 bits per heavy atom. The molecule has 0 aromatic heterocycles. The fraction of sp³-hybridized carbons (Fsp3) is 0.364. The summed E-state index contributed by atoms with van der Waals surface area (Å²) in [7, 11) is 0. The van der Waals surface area contributed by atoms with Gasteiger partial charge in [0.05, 0.1) is 11.3 Å². The molecule has 0 radical (unpaired) electrons. The summed E-state index contributed by atoms with van der Waals surface area (Å²) in [4.78, 5) is 10.6. The van der Waals surface area contributed by atoms with E-state index in [0.29, 0.717) is 12.8 Å². The number of halogens is 2. The van der Waals surface area contributed by atoms with Crippen LogP contribution >= 0.6 is 0 Å². The van der Waals surface area contributed by atoms with Gasteiger partial charge in [-0.05, 0) is 25.0 Å². The van der Waals surface area contributed by atoms with Crippen molar-refractivity contribution < 1.29 is 18.7 Å². The van der Waals surface area contributed by atoms with Crippen LogP contribution in [0.3, 0.4) is 0 Å². The normalized spacial score (nSPS) is 23.0. The molecule has 1 saturated carbocycles. The van der Waals surface area contributed by atoms with Crippen molar-refractivity contribution in [2.24, 2.45) is 5.73 Å².